The van der Waals surface area contributed by atoms with Crippen molar-refractivity contribution >= 4 is 5.97 Å². The molecule has 2 aromatic rings. The SMILES string of the molecule is Cc1cc(C(=O)O)ccc1-c1ncccc1C(F)(F)F. The van der Waals surface area contributed by atoms with Crippen molar-refractivity contribution in [1.29, 1.82) is 0 Å². The zero-order valence-corrected chi connectivity index (χ0v) is 10.4. The fraction of sp³-hybridized carbons (Fsp3) is 0.143. The van der Waals surface area contributed by atoms with E-state index in [1.165, 1.54) is 30.5 Å². The van der Waals surface area contributed by atoms with Crippen LogP contribution in [-0.4, -0.2) is 16.1 Å². The highest BCUT2D eigenvalue weighted by molar-refractivity contribution is 5.89. The van der Waals surface area contributed by atoms with Crippen molar-refractivity contribution in [1.82, 2.24) is 4.98 Å². The second-order valence-electron chi connectivity index (χ2n) is 4.23. The molecule has 0 spiro atoms. The molecule has 0 radical (unpaired) electrons. The Balaban J connectivity index is 2.61. The van der Waals surface area contributed by atoms with E-state index in [4.69, 9.17) is 5.11 Å². The third kappa shape index (κ3) is 2.64. The molecule has 3 nitrogen and oxygen atoms in total. The molecule has 1 N–H and O–H groups in total. The van der Waals surface area contributed by atoms with Crippen LogP contribution in [0, 0.1) is 6.92 Å². The van der Waals surface area contributed by atoms with Crippen LogP contribution in [0.1, 0.15) is 21.5 Å². The molecular weight excluding hydrogens is 271 g/mol. The first-order valence-corrected chi connectivity index (χ1v) is 5.67. The van der Waals surface area contributed by atoms with Crippen LogP contribution in [0.3, 0.4) is 0 Å². The van der Waals surface area contributed by atoms with Crippen molar-refractivity contribution in [3.8, 4) is 11.3 Å². The summed E-state index contributed by atoms with van der Waals surface area (Å²) in [6.07, 6.45) is -3.24. The number of hydrogen-bond acceptors (Lipinski definition) is 2. The normalized spacial score (nSPS) is 11.4. The van der Waals surface area contributed by atoms with Crippen molar-refractivity contribution in [2.24, 2.45) is 0 Å². The topological polar surface area (TPSA) is 50.2 Å². The Labute approximate surface area is 112 Å². The van der Waals surface area contributed by atoms with Crippen molar-refractivity contribution in [3.05, 3.63) is 53.2 Å². The van der Waals surface area contributed by atoms with Crippen molar-refractivity contribution in [2.45, 2.75) is 13.1 Å². The van der Waals surface area contributed by atoms with Crippen LogP contribution < -0.4 is 0 Å². The number of nitrogens with zero attached hydrogens (tertiary/aromatic N) is 1. The average Bonchev–Trinajstić information content (AvgIpc) is 2.37. The fourth-order valence-corrected chi connectivity index (χ4v) is 1.91. The quantitative estimate of drug-likeness (QED) is 0.911. The van der Waals surface area contributed by atoms with Gasteiger partial charge in [-0.15, -0.1) is 0 Å². The first-order chi connectivity index (χ1) is 9.30. The first kappa shape index (κ1) is 14.0. The summed E-state index contributed by atoms with van der Waals surface area (Å²) in [4.78, 5) is 14.6. The molecule has 0 atom stereocenters. The van der Waals surface area contributed by atoms with E-state index in [0.29, 0.717) is 5.56 Å². The van der Waals surface area contributed by atoms with E-state index in [-0.39, 0.29) is 16.8 Å². The summed E-state index contributed by atoms with van der Waals surface area (Å²) in [6, 6.07) is 6.10. The van der Waals surface area contributed by atoms with Gasteiger partial charge in [-0.25, -0.2) is 4.79 Å². The van der Waals surface area contributed by atoms with E-state index in [1.54, 1.807) is 6.92 Å². The molecule has 0 saturated carbocycles. The Hall–Kier alpha value is -2.37. The van der Waals surface area contributed by atoms with Gasteiger partial charge in [0, 0.05) is 11.8 Å². The van der Waals surface area contributed by atoms with Crippen molar-refractivity contribution < 1.29 is 23.1 Å². The molecule has 6 heteroatoms. The molecule has 20 heavy (non-hydrogen) atoms. The number of pyridine rings is 1. The van der Waals surface area contributed by atoms with Crippen LogP contribution in [0.15, 0.2) is 36.5 Å². The molecule has 0 unspecified atom stereocenters. The van der Waals surface area contributed by atoms with Crippen LogP contribution in [0.5, 0.6) is 0 Å². The Bertz CT molecular complexity index is 666. The second-order valence-corrected chi connectivity index (χ2v) is 4.23. The van der Waals surface area contributed by atoms with Crippen LogP contribution in [0.2, 0.25) is 0 Å². The summed E-state index contributed by atoms with van der Waals surface area (Å²) >= 11 is 0. The van der Waals surface area contributed by atoms with Gasteiger partial charge >= 0.3 is 12.1 Å². The molecular formula is C14H10F3NO2. The third-order valence-electron chi connectivity index (χ3n) is 2.84. The number of aromatic carboxylic acids is 1. The average molecular weight is 281 g/mol. The van der Waals surface area contributed by atoms with E-state index >= 15 is 0 Å². The van der Waals surface area contributed by atoms with Crippen LogP contribution in [0.4, 0.5) is 13.2 Å². The molecule has 1 aromatic heterocycles. The predicted molar refractivity (Wildman–Crippen MR) is 66.4 cm³/mol. The minimum atomic E-state index is -4.51. The molecule has 0 fully saturated rings. The number of carbonyl (C=O) groups is 1. The zero-order valence-electron chi connectivity index (χ0n) is 10.4. The summed E-state index contributed by atoms with van der Waals surface area (Å²) in [5.74, 6) is -1.13. The molecule has 0 amide bonds. The van der Waals surface area contributed by atoms with Crippen LogP contribution >= 0.6 is 0 Å². The Morgan fingerprint density at radius 1 is 1.25 bits per heavy atom. The van der Waals surface area contributed by atoms with E-state index in [1.807, 2.05) is 0 Å². The molecule has 0 bridgehead atoms. The summed E-state index contributed by atoms with van der Waals surface area (Å²) in [5, 5.41) is 8.86. The number of hydrogen-bond donors (Lipinski definition) is 1. The summed E-state index contributed by atoms with van der Waals surface area (Å²) < 4.78 is 38.8. The summed E-state index contributed by atoms with van der Waals surface area (Å²) in [7, 11) is 0. The molecule has 2 rings (SSSR count). The number of carboxylic acids is 1. The molecule has 0 aliphatic rings. The van der Waals surface area contributed by atoms with Gasteiger partial charge in [-0.3, -0.25) is 4.98 Å². The summed E-state index contributed by atoms with van der Waals surface area (Å²) in [5.41, 5.74) is -0.326. The molecule has 0 saturated heterocycles. The van der Waals surface area contributed by atoms with Gasteiger partial charge in [-0.2, -0.15) is 13.2 Å². The minimum absolute atomic E-state index is 0.0238. The number of aryl methyl sites for hydroxylation is 1. The third-order valence-corrected chi connectivity index (χ3v) is 2.84. The molecule has 1 heterocycles. The van der Waals surface area contributed by atoms with E-state index < -0.39 is 17.7 Å². The molecule has 1 aromatic carbocycles. The van der Waals surface area contributed by atoms with Gasteiger partial charge in [-0.05, 0) is 36.8 Å². The standard InChI is InChI=1S/C14H10F3NO2/c1-8-7-9(13(19)20)4-5-10(8)12-11(14(15,16)17)3-2-6-18-12/h2-7H,1H3,(H,19,20). The fourth-order valence-electron chi connectivity index (χ4n) is 1.91. The smallest absolute Gasteiger partial charge is 0.418 e. The predicted octanol–water partition coefficient (Wildman–Crippen LogP) is 3.77. The van der Waals surface area contributed by atoms with Gasteiger partial charge in [-0.1, -0.05) is 6.07 Å². The number of halogens is 3. The van der Waals surface area contributed by atoms with Gasteiger partial charge in [0.25, 0.3) is 0 Å². The monoisotopic (exact) mass is 281 g/mol. The Morgan fingerprint density at radius 3 is 2.50 bits per heavy atom. The maximum atomic E-state index is 12.9. The minimum Gasteiger partial charge on any atom is -0.478 e. The number of benzene rings is 1. The number of alkyl halides is 3. The van der Waals surface area contributed by atoms with E-state index in [0.717, 1.165) is 6.07 Å². The van der Waals surface area contributed by atoms with Crippen molar-refractivity contribution in [2.75, 3.05) is 0 Å². The maximum Gasteiger partial charge on any atom is 0.418 e. The summed E-state index contributed by atoms with van der Waals surface area (Å²) in [6.45, 7) is 1.55. The largest absolute Gasteiger partial charge is 0.478 e. The van der Waals surface area contributed by atoms with Crippen molar-refractivity contribution in [3.63, 3.8) is 0 Å². The Kier molecular flexibility index (Phi) is 3.48. The zero-order chi connectivity index (χ0) is 14.9. The highest BCUT2D eigenvalue weighted by Gasteiger charge is 2.34. The Morgan fingerprint density at radius 2 is 1.95 bits per heavy atom. The van der Waals surface area contributed by atoms with E-state index in [9.17, 15) is 18.0 Å². The number of carboxylic acid groups (broad SMARTS) is 1. The van der Waals surface area contributed by atoms with E-state index in [2.05, 4.69) is 4.98 Å². The lowest BCUT2D eigenvalue weighted by Gasteiger charge is -2.13. The first-order valence-electron chi connectivity index (χ1n) is 5.67. The lowest BCUT2D eigenvalue weighted by molar-refractivity contribution is -0.137. The number of rotatable bonds is 2. The van der Waals surface area contributed by atoms with Gasteiger partial charge < -0.3 is 5.11 Å². The number of aromatic nitrogens is 1. The van der Waals surface area contributed by atoms with Crippen LogP contribution in [0.25, 0.3) is 11.3 Å². The lowest BCUT2D eigenvalue weighted by atomic mass is 9.99. The second kappa shape index (κ2) is 4.96. The van der Waals surface area contributed by atoms with Gasteiger partial charge in [0.1, 0.15) is 0 Å². The molecule has 104 valence electrons. The van der Waals surface area contributed by atoms with Gasteiger partial charge in [0.15, 0.2) is 0 Å². The van der Waals surface area contributed by atoms with Gasteiger partial charge in [0.05, 0.1) is 16.8 Å². The molecule has 0 aliphatic carbocycles. The lowest BCUT2D eigenvalue weighted by Crippen LogP contribution is -2.09. The van der Waals surface area contributed by atoms with Crippen LogP contribution in [-0.2, 0) is 6.18 Å². The van der Waals surface area contributed by atoms with Gasteiger partial charge in [0.2, 0.25) is 0 Å². The highest BCUT2D eigenvalue weighted by Crippen LogP contribution is 2.36. The maximum absolute atomic E-state index is 12.9. The molecule has 0 aliphatic heterocycles. The highest BCUT2D eigenvalue weighted by atomic mass is 19.4.